The number of hydrogen-bond donors (Lipinski definition) is 2. The molecule has 0 heterocycles. The van der Waals surface area contributed by atoms with Gasteiger partial charge in [-0.1, -0.05) is 43.1 Å². The molecule has 1 atom stereocenters. The lowest BCUT2D eigenvalue weighted by atomic mass is 10.0. The Labute approximate surface area is 172 Å². The lowest BCUT2D eigenvalue weighted by Crippen LogP contribution is -2.47. The molecule has 0 radical (unpaired) electrons. The van der Waals surface area contributed by atoms with Gasteiger partial charge < -0.3 is 10.6 Å². The minimum Gasteiger partial charge on any atom is -0.340 e. The van der Waals surface area contributed by atoms with Crippen LogP contribution in [0.15, 0.2) is 36.4 Å². The van der Waals surface area contributed by atoms with Crippen molar-refractivity contribution in [1.82, 2.24) is 5.32 Å². The second-order valence-corrected chi connectivity index (χ2v) is 7.33. The average molecular weight is 424 g/mol. The van der Waals surface area contributed by atoms with Crippen LogP contribution in [0.1, 0.15) is 29.8 Å². The molecule has 0 aliphatic heterocycles. The van der Waals surface area contributed by atoms with Crippen LogP contribution < -0.4 is 10.6 Å². The molecule has 0 aromatic heterocycles. The highest BCUT2D eigenvalue weighted by atomic mass is 35.5. The molecule has 2 amide bonds. The number of anilines is 1. The lowest BCUT2D eigenvalue weighted by Gasteiger charge is -2.22. The summed E-state index contributed by atoms with van der Waals surface area (Å²) in [5, 5.41) is 16.7. The fourth-order valence-corrected chi connectivity index (χ4v) is 2.94. The van der Waals surface area contributed by atoms with Gasteiger partial charge in [0, 0.05) is 22.8 Å². The second kappa shape index (κ2) is 9.03. The van der Waals surface area contributed by atoms with Crippen LogP contribution in [-0.4, -0.2) is 22.8 Å². The molecule has 0 fully saturated rings. The number of nitro groups is 1. The number of nitrogens with one attached hydrogen (secondary N) is 2. The molecule has 148 valence electrons. The third kappa shape index (κ3) is 4.99. The SMILES string of the molecule is Cc1c(Cl)cccc1NC(=O)C(NC(=O)c1ccc([N+](=O)[O-])cc1Cl)C(C)C. The van der Waals surface area contributed by atoms with E-state index < -0.39 is 22.8 Å². The molecule has 0 bridgehead atoms. The third-order valence-electron chi connectivity index (χ3n) is 4.17. The molecule has 0 saturated carbocycles. The molecule has 2 N–H and O–H groups in total. The van der Waals surface area contributed by atoms with Gasteiger partial charge in [-0.3, -0.25) is 19.7 Å². The monoisotopic (exact) mass is 423 g/mol. The number of hydrogen-bond acceptors (Lipinski definition) is 4. The van der Waals surface area contributed by atoms with Gasteiger partial charge in [-0.25, -0.2) is 0 Å². The summed E-state index contributed by atoms with van der Waals surface area (Å²) in [5.41, 5.74) is 1.08. The standard InChI is InChI=1S/C19H19Cl2N3O4/c1-10(2)17(19(26)22-16-6-4-5-14(20)11(16)3)23-18(25)13-8-7-12(24(27)28)9-15(13)21/h4-10,17H,1-3H3,(H,22,26)(H,23,25). The number of carbonyl (C=O) groups is 2. The van der Waals surface area contributed by atoms with Crippen molar-refractivity contribution in [3.05, 3.63) is 67.7 Å². The van der Waals surface area contributed by atoms with Crippen LogP contribution in [0.3, 0.4) is 0 Å². The fraction of sp³-hybridized carbons (Fsp3) is 0.263. The topological polar surface area (TPSA) is 101 Å². The van der Waals surface area contributed by atoms with Crippen molar-refractivity contribution < 1.29 is 14.5 Å². The molecule has 0 aliphatic rings. The van der Waals surface area contributed by atoms with E-state index in [-0.39, 0.29) is 22.2 Å². The van der Waals surface area contributed by atoms with E-state index in [9.17, 15) is 19.7 Å². The number of nitrogens with zero attached hydrogens (tertiary/aromatic N) is 1. The molecular weight excluding hydrogens is 405 g/mol. The minimum atomic E-state index is -0.850. The van der Waals surface area contributed by atoms with Gasteiger partial charge in [0.05, 0.1) is 15.5 Å². The lowest BCUT2D eigenvalue weighted by molar-refractivity contribution is -0.384. The van der Waals surface area contributed by atoms with E-state index in [0.717, 1.165) is 6.07 Å². The van der Waals surface area contributed by atoms with E-state index in [1.807, 2.05) is 0 Å². The zero-order chi connectivity index (χ0) is 21.0. The highest BCUT2D eigenvalue weighted by Gasteiger charge is 2.26. The highest BCUT2D eigenvalue weighted by molar-refractivity contribution is 6.34. The molecule has 1 unspecified atom stereocenters. The minimum absolute atomic E-state index is 0.0460. The summed E-state index contributed by atoms with van der Waals surface area (Å²) in [4.78, 5) is 35.5. The predicted octanol–water partition coefficient (Wildman–Crippen LogP) is 4.60. The van der Waals surface area contributed by atoms with Gasteiger partial charge in [0.2, 0.25) is 5.91 Å². The maximum Gasteiger partial charge on any atom is 0.270 e. The molecule has 2 aromatic carbocycles. The Morgan fingerprint density at radius 1 is 1.11 bits per heavy atom. The van der Waals surface area contributed by atoms with E-state index in [2.05, 4.69) is 10.6 Å². The van der Waals surface area contributed by atoms with Crippen LogP contribution in [0.25, 0.3) is 0 Å². The van der Waals surface area contributed by atoms with E-state index in [1.54, 1.807) is 39.0 Å². The number of benzene rings is 2. The number of nitro benzene ring substituents is 1. The van der Waals surface area contributed by atoms with Crippen LogP contribution in [-0.2, 0) is 4.79 Å². The summed E-state index contributed by atoms with van der Waals surface area (Å²) in [7, 11) is 0. The smallest absolute Gasteiger partial charge is 0.270 e. The number of halogens is 2. The van der Waals surface area contributed by atoms with Crippen molar-refractivity contribution in [3.8, 4) is 0 Å². The molecule has 28 heavy (non-hydrogen) atoms. The normalized spacial score (nSPS) is 11.8. The quantitative estimate of drug-likeness (QED) is 0.523. The van der Waals surface area contributed by atoms with Gasteiger partial charge in [0.15, 0.2) is 0 Å². The Morgan fingerprint density at radius 2 is 1.79 bits per heavy atom. The van der Waals surface area contributed by atoms with E-state index in [1.165, 1.54) is 12.1 Å². The average Bonchev–Trinajstić information content (AvgIpc) is 2.62. The van der Waals surface area contributed by atoms with E-state index in [0.29, 0.717) is 16.3 Å². The van der Waals surface area contributed by atoms with Crippen LogP contribution in [0.2, 0.25) is 10.0 Å². The van der Waals surface area contributed by atoms with Gasteiger partial charge >= 0.3 is 0 Å². The van der Waals surface area contributed by atoms with Crippen LogP contribution in [0, 0.1) is 23.0 Å². The summed E-state index contributed by atoms with van der Waals surface area (Å²) in [5.74, 6) is -1.23. The van der Waals surface area contributed by atoms with Crippen LogP contribution in [0.5, 0.6) is 0 Å². The van der Waals surface area contributed by atoms with Crippen molar-refractivity contribution in [2.75, 3.05) is 5.32 Å². The fourth-order valence-electron chi connectivity index (χ4n) is 2.51. The molecule has 0 saturated heterocycles. The number of carbonyl (C=O) groups excluding carboxylic acids is 2. The first kappa shape index (κ1) is 21.7. The van der Waals surface area contributed by atoms with Gasteiger partial charge in [0.25, 0.3) is 11.6 Å². The van der Waals surface area contributed by atoms with E-state index >= 15 is 0 Å². The Kier molecular flexibility index (Phi) is 6.99. The first-order valence-electron chi connectivity index (χ1n) is 8.42. The summed E-state index contributed by atoms with van der Waals surface area (Å²) >= 11 is 12.1. The maximum atomic E-state index is 12.7. The second-order valence-electron chi connectivity index (χ2n) is 6.52. The molecule has 9 heteroatoms. The van der Waals surface area contributed by atoms with Crippen LogP contribution in [0.4, 0.5) is 11.4 Å². The molecule has 7 nitrogen and oxygen atoms in total. The molecule has 0 aliphatic carbocycles. The number of amides is 2. The third-order valence-corrected chi connectivity index (χ3v) is 4.89. The zero-order valence-electron chi connectivity index (χ0n) is 15.5. The molecule has 2 aromatic rings. The first-order chi connectivity index (χ1) is 13.1. The van der Waals surface area contributed by atoms with Crippen molar-refractivity contribution in [3.63, 3.8) is 0 Å². The Hall–Kier alpha value is -2.64. The predicted molar refractivity (Wildman–Crippen MR) is 109 cm³/mol. The zero-order valence-corrected chi connectivity index (χ0v) is 17.0. The Balaban J connectivity index is 2.20. The summed E-state index contributed by atoms with van der Waals surface area (Å²) in [6.45, 7) is 5.34. The van der Waals surface area contributed by atoms with Crippen molar-refractivity contribution in [2.24, 2.45) is 5.92 Å². The maximum absolute atomic E-state index is 12.7. The largest absolute Gasteiger partial charge is 0.340 e. The van der Waals surface area contributed by atoms with Crippen molar-refractivity contribution in [1.29, 1.82) is 0 Å². The molecule has 0 spiro atoms. The summed E-state index contributed by atoms with van der Waals surface area (Å²) in [6.07, 6.45) is 0. The summed E-state index contributed by atoms with van der Waals surface area (Å²) < 4.78 is 0. The summed E-state index contributed by atoms with van der Waals surface area (Å²) in [6, 6.07) is 7.82. The van der Waals surface area contributed by atoms with Crippen molar-refractivity contribution in [2.45, 2.75) is 26.8 Å². The molecule has 2 rings (SSSR count). The van der Waals surface area contributed by atoms with Gasteiger partial charge in [-0.2, -0.15) is 0 Å². The van der Waals surface area contributed by atoms with E-state index in [4.69, 9.17) is 23.2 Å². The number of rotatable bonds is 6. The van der Waals surface area contributed by atoms with Gasteiger partial charge in [-0.15, -0.1) is 0 Å². The van der Waals surface area contributed by atoms with Gasteiger partial charge in [-0.05, 0) is 36.6 Å². The van der Waals surface area contributed by atoms with Gasteiger partial charge in [0.1, 0.15) is 6.04 Å². The van der Waals surface area contributed by atoms with Crippen molar-refractivity contribution >= 4 is 46.4 Å². The first-order valence-corrected chi connectivity index (χ1v) is 9.18. The Bertz CT molecular complexity index is 931. The highest BCUT2D eigenvalue weighted by Crippen LogP contribution is 2.24. The number of non-ortho nitro benzene ring substituents is 1. The van der Waals surface area contributed by atoms with Crippen LogP contribution >= 0.6 is 23.2 Å². The Morgan fingerprint density at radius 3 is 2.36 bits per heavy atom. The molecular formula is C19H19Cl2N3O4.